The minimum absolute atomic E-state index is 0.0150. The van der Waals surface area contributed by atoms with E-state index in [0.29, 0.717) is 22.6 Å². The standard InChI is InChI=1S/C31H33FN4O5/c1-18(25-10-9-24(41-2)14-20(25)6-5-19-3-4-19)34-31(40)28-15-23(37)17-36(28)29(38)16-33-30(39)27-11-7-21-13-22(32)8-12-26(21)35-27/h5-14,18-19,23,28,37H,3-4,15-17H2,1-2H3,(H,33,39)(H,34,40)/b6-5+/t18-,23+,28-/m0/s1. The number of allylic oxidation sites excluding steroid dienone is 1. The summed E-state index contributed by atoms with van der Waals surface area (Å²) in [5, 5.41) is 16.4. The number of aliphatic hydroxyl groups excluding tert-OH is 1. The molecule has 214 valence electrons. The van der Waals surface area contributed by atoms with Crippen molar-refractivity contribution in [2.45, 2.75) is 44.4 Å². The van der Waals surface area contributed by atoms with Crippen LogP contribution in [-0.4, -0.2) is 65.1 Å². The lowest BCUT2D eigenvalue weighted by molar-refractivity contribution is -0.138. The smallest absolute Gasteiger partial charge is 0.270 e. The molecule has 1 saturated heterocycles. The van der Waals surface area contributed by atoms with Crippen molar-refractivity contribution < 1.29 is 28.6 Å². The summed E-state index contributed by atoms with van der Waals surface area (Å²) in [6, 6.07) is 11.5. The second kappa shape index (κ2) is 12.1. The molecule has 1 aromatic heterocycles. The third-order valence-electron chi connectivity index (χ3n) is 7.48. The maximum absolute atomic E-state index is 13.4. The first-order chi connectivity index (χ1) is 19.7. The molecule has 2 fully saturated rings. The number of hydrogen-bond donors (Lipinski definition) is 3. The van der Waals surface area contributed by atoms with Gasteiger partial charge in [-0.15, -0.1) is 0 Å². The molecule has 41 heavy (non-hydrogen) atoms. The number of aliphatic hydroxyl groups is 1. The minimum Gasteiger partial charge on any atom is -0.497 e. The van der Waals surface area contributed by atoms with Crippen LogP contribution in [0.3, 0.4) is 0 Å². The minimum atomic E-state index is -0.880. The van der Waals surface area contributed by atoms with Crippen LogP contribution in [0.15, 0.2) is 54.6 Å². The highest BCUT2D eigenvalue weighted by Crippen LogP contribution is 2.32. The van der Waals surface area contributed by atoms with Gasteiger partial charge in [-0.25, -0.2) is 9.37 Å². The van der Waals surface area contributed by atoms with Gasteiger partial charge in [0.15, 0.2) is 0 Å². The number of nitrogens with zero attached hydrogens (tertiary/aromatic N) is 2. The summed E-state index contributed by atoms with van der Waals surface area (Å²) < 4.78 is 18.8. The first-order valence-corrected chi connectivity index (χ1v) is 13.7. The molecular weight excluding hydrogens is 527 g/mol. The molecule has 0 unspecified atom stereocenters. The van der Waals surface area contributed by atoms with Crippen molar-refractivity contribution in [3.63, 3.8) is 0 Å². The number of fused-ring (bicyclic) bond motifs is 1. The third kappa shape index (κ3) is 6.71. The van der Waals surface area contributed by atoms with Gasteiger partial charge in [0.2, 0.25) is 11.8 Å². The van der Waals surface area contributed by atoms with Crippen molar-refractivity contribution in [3.05, 3.63) is 77.2 Å². The Morgan fingerprint density at radius 1 is 1.17 bits per heavy atom. The van der Waals surface area contributed by atoms with Crippen molar-refractivity contribution >= 4 is 34.7 Å². The molecule has 0 spiro atoms. The van der Waals surface area contributed by atoms with Crippen molar-refractivity contribution in [2.24, 2.45) is 5.92 Å². The zero-order valence-corrected chi connectivity index (χ0v) is 23.0. The van der Waals surface area contributed by atoms with E-state index in [-0.39, 0.29) is 37.2 Å². The van der Waals surface area contributed by atoms with Crippen LogP contribution in [0.4, 0.5) is 4.39 Å². The molecule has 3 amide bonds. The van der Waals surface area contributed by atoms with E-state index >= 15 is 0 Å². The molecule has 3 N–H and O–H groups in total. The van der Waals surface area contributed by atoms with E-state index in [2.05, 4.69) is 27.8 Å². The number of hydrogen-bond acceptors (Lipinski definition) is 6. The number of halogens is 1. The van der Waals surface area contributed by atoms with E-state index in [1.54, 1.807) is 13.2 Å². The molecule has 5 rings (SSSR count). The number of pyridine rings is 1. The van der Waals surface area contributed by atoms with Crippen LogP contribution >= 0.6 is 0 Å². The molecule has 1 aliphatic heterocycles. The van der Waals surface area contributed by atoms with Crippen LogP contribution in [0.5, 0.6) is 5.75 Å². The van der Waals surface area contributed by atoms with Crippen molar-refractivity contribution in [3.8, 4) is 5.75 Å². The first-order valence-electron chi connectivity index (χ1n) is 13.7. The van der Waals surface area contributed by atoms with Crippen molar-refractivity contribution in [1.82, 2.24) is 20.5 Å². The topological polar surface area (TPSA) is 121 Å². The van der Waals surface area contributed by atoms with Gasteiger partial charge in [0.1, 0.15) is 23.3 Å². The molecule has 1 aliphatic carbocycles. The average molecular weight is 561 g/mol. The number of methoxy groups -OCH3 is 1. The quantitative estimate of drug-likeness (QED) is 0.369. The summed E-state index contributed by atoms with van der Waals surface area (Å²) >= 11 is 0. The number of aromatic nitrogens is 1. The number of carbonyl (C=O) groups is 3. The van der Waals surface area contributed by atoms with Gasteiger partial charge in [0, 0.05) is 18.4 Å². The second-order valence-electron chi connectivity index (χ2n) is 10.6. The molecule has 2 heterocycles. The van der Waals surface area contributed by atoms with Gasteiger partial charge in [0.25, 0.3) is 5.91 Å². The number of benzene rings is 2. The predicted molar refractivity (Wildman–Crippen MR) is 151 cm³/mol. The Labute approximate surface area is 237 Å². The number of β-amino-alcohol motifs (C(OH)–C–C–N with tert-alkyl or cyclic N) is 1. The normalized spacial score (nSPS) is 19.4. The number of ether oxygens (including phenoxy) is 1. The zero-order valence-electron chi connectivity index (χ0n) is 23.0. The molecule has 1 saturated carbocycles. The highest BCUT2D eigenvalue weighted by Gasteiger charge is 2.39. The fourth-order valence-corrected chi connectivity index (χ4v) is 5.04. The lowest BCUT2D eigenvalue weighted by Gasteiger charge is -2.26. The molecule has 3 aromatic rings. The second-order valence-corrected chi connectivity index (χ2v) is 10.6. The van der Waals surface area contributed by atoms with Crippen molar-refractivity contribution in [1.29, 1.82) is 0 Å². The summed E-state index contributed by atoms with van der Waals surface area (Å²) in [6.07, 6.45) is 5.81. The van der Waals surface area contributed by atoms with E-state index in [0.717, 1.165) is 11.1 Å². The SMILES string of the molecule is COc1ccc([C@H](C)NC(=O)[C@@H]2C[C@@H](O)CN2C(=O)CNC(=O)c2ccc3cc(F)ccc3n2)c(/C=C/C2CC2)c1. The molecule has 9 nitrogen and oxygen atoms in total. The number of likely N-dealkylation sites (tertiary alicyclic amines) is 1. The number of carbonyl (C=O) groups excluding carboxylic acids is 3. The van der Waals surface area contributed by atoms with E-state index in [1.165, 1.54) is 42.0 Å². The van der Waals surface area contributed by atoms with Gasteiger partial charge in [-0.05, 0) is 73.2 Å². The fourth-order valence-electron chi connectivity index (χ4n) is 5.04. The number of amides is 3. The molecule has 0 radical (unpaired) electrons. The van der Waals surface area contributed by atoms with Crippen LogP contribution in [0.25, 0.3) is 17.0 Å². The summed E-state index contributed by atoms with van der Waals surface area (Å²) in [5.74, 6) is -0.565. The lowest BCUT2D eigenvalue weighted by atomic mass is 9.99. The predicted octanol–water partition coefficient (Wildman–Crippen LogP) is 3.37. The largest absolute Gasteiger partial charge is 0.497 e. The molecule has 3 atom stereocenters. The van der Waals surface area contributed by atoms with Gasteiger partial charge < -0.3 is 25.4 Å². The Morgan fingerprint density at radius 3 is 2.73 bits per heavy atom. The summed E-state index contributed by atoms with van der Waals surface area (Å²) in [6.45, 7) is 1.48. The van der Waals surface area contributed by atoms with E-state index in [9.17, 15) is 23.9 Å². The van der Waals surface area contributed by atoms with Crippen LogP contribution in [0.2, 0.25) is 0 Å². The average Bonchev–Trinajstić information content (AvgIpc) is 3.72. The van der Waals surface area contributed by atoms with Crippen molar-refractivity contribution in [2.75, 3.05) is 20.2 Å². The van der Waals surface area contributed by atoms with E-state index in [4.69, 9.17) is 4.74 Å². The molecule has 2 aromatic carbocycles. The van der Waals surface area contributed by atoms with Gasteiger partial charge in [-0.2, -0.15) is 0 Å². The number of rotatable bonds is 9. The Bertz CT molecular complexity index is 1510. The monoisotopic (exact) mass is 560 g/mol. The third-order valence-corrected chi connectivity index (χ3v) is 7.48. The van der Waals surface area contributed by atoms with Gasteiger partial charge in [-0.1, -0.05) is 24.3 Å². The summed E-state index contributed by atoms with van der Waals surface area (Å²) in [5.41, 5.74) is 2.37. The van der Waals surface area contributed by atoms with E-state index < -0.39 is 29.8 Å². The Morgan fingerprint density at radius 2 is 1.98 bits per heavy atom. The van der Waals surface area contributed by atoms with Gasteiger partial charge in [-0.3, -0.25) is 14.4 Å². The maximum atomic E-state index is 13.4. The maximum Gasteiger partial charge on any atom is 0.270 e. The highest BCUT2D eigenvalue weighted by atomic mass is 19.1. The summed E-state index contributed by atoms with van der Waals surface area (Å²) in [4.78, 5) is 44.6. The molecule has 2 aliphatic rings. The lowest BCUT2D eigenvalue weighted by Crippen LogP contribution is -2.49. The Kier molecular flexibility index (Phi) is 8.30. The molecule has 0 bridgehead atoms. The van der Waals surface area contributed by atoms with Crippen LogP contribution in [-0.2, 0) is 9.59 Å². The molecular formula is C31H33FN4O5. The van der Waals surface area contributed by atoms with Crippen LogP contribution < -0.4 is 15.4 Å². The Balaban J connectivity index is 1.22. The van der Waals surface area contributed by atoms with Gasteiger partial charge in [0.05, 0.1) is 31.3 Å². The number of nitrogens with one attached hydrogen (secondary N) is 2. The zero-order chi connectivity index (χ0) is 29.1. The van der Waals surface area contributed by atoms with Crippen LogP contribution in [0, 0.1) is 11.7 Å². The highest BCUT2D eigenvalue weighted by molar-refractivity contribution is 5.97. The summed E-state index contributed by atoms with van der Waals surface area (Å²) in [7, 11) is 1.61. The first kappa shape index (κ1) is 28.2. The van der Waals surface area contributed by atoms with Crippen LogP contribution in [0.1, 0.15) is 53.8 Å². The van der Waals surface area contributed by atoms with E-state index in [1.807, 2.05) is 25.1 Å². The fraction of sp³-hybridized carbons (Fsp3) is 0.355. The molecule has 10 heteroatoms. The van der Waals surface area contributed by atoms with Gasteiger partial charge >= 0.3 is 0 Å². The Hall–Kier alpha value is -4.31.